The summed E-state index contributed by atoms with van der Waals surface area (Å²) >= 11 is 0. The summed E-state index contributed by atoms with van der Waals surface area (Å²) in [5.41, 5.74) is 6.97. The van der Waals surface area contributed by atoms with E-state index in [0.717, 1.165) is 18.4 Å². The predicted molar refractivity (Wildman–Crippen MR) is 87.2 cm³/mol. The Morgan fingerprint density at radius 1 is 1.04 bits per heavy atom. The van der Waals surface area contributed by atoms with E-state index in [9.17, 15) is 8.42 Å². The molecule has 122 valence electrons. The summed E-state index contributed by atoms with van der Waals surface area (Å²) in [6.45, 7) is 0.765. The van der Waals surface area contributed by atoms with E-state index in [-0.39, 0.29) is 11.7 Å². The van der Waals surface area contributed by atoms with Gasteiger partial charge >= 0.3 is 0 Å². The molecule has 0 aromatic heterocycles. The molecule has 2 aromatic carbocycles. The van der Waals surface area contributed by atoms with Crippen molar-refractivity contribution < 1.29 is 17.9 Å². The standard InChI is InChI=1S/C16H18N2O4S/c17-9-1-2-12-3-6-14(7-4-12)23(19,20)18-13-5-8-15-16(10-13)22-11-21-15/h3-8,10,18H,1-2,9,11,17H2. The number of fused-ring (bicyclic) bond motifs is 1. The van der Waals surface area contributed by atoms with Gasteiger partial charge in [0.15, 0.2) is 11.5 Å². The Balaban J connectivity index is 1.76. The molecule has 3 N–H and O–H groups in total. The van der Waals surface area contributed by atoms with E-state index in [4.69, 9.17) is 15.2 Å². The third-order valence-electron chi connectivity index (χ3n) is 3.53. The lowest BCUT2D eigenvalue weighted by molar-refractivity contribution is 0.174. The highest BCUT2D eigenvalue weighted by Gasteiger charge is 2.17. The van der Waals surface area contributed by atoms with E-state index in [1.54, 1.807) is 30.3 Å². The van der Waals surface area contributed by atoms with Crippen molar-refractivity contribution in [3.8, 4) is 11.5 Å². The SMILES string of the molecule is NCCCc1ccc(S(=O)(=O)Nc2ccc3c(c2)OCO3)cc1. The minimum absolute atomic E-state index is 0.149. The Hall–Kier alpha value is -2.25. The quantitative estimate of drug-likeness (QED) is 0.844. The van der Waals surface area contributed by atoms with Crippen LogP contribution in [0.5, 0.6) is 11.5 Å². The smallest absolute Gasteiger partial charge is 0.261 e. The maximum Gasteiger partial charge on any atom is 0.261 e. The fraction of sp³-hybridized carbons (Fsp3) is 0.250. The number of benzene rings is 2. The van der Waals surface area contributed by atoms with Crippen LogP contribution in [0.4, 0.5) is 5.69 Å². The second-order valence-corrected chi connectivity index (χ2v) is 6.89. The molecule has 2 aromatic rings. The third kappa shape index (κ3) is 3.57. The van der Waals surface area contributed by atoms with Crippen molar-refractivity contribution in [1.82, 2.24) is 0 Å². The van der Waals surface area contributed by atoms with Gasteiger partial charge in [-0.3, -0.25) is 4.72 Å². The molecule has 0 atom stereocenters. The van der Waals surface area contributed by atoms with Crippen LogP contribution in [0.25, 0.3) is 0 Å². The van der Waals surface area contributed by atoms with Gasteiger partial charge in [-0.1, -0.05) is 12.1 Å². The summed E-state index contributed by atoms with van der Waals surface area (Å²) in [4.78, 5) is 0.215. The predicted octanol–water partition coefficient (Wildman–Crippen LogP) is 2.11. The Labute approximate surface area is 135 Å². The monoisotopic (exact) mass is 334 g/mol. The molecule has 7 heteroatoms. The van der Waals surface area contributed by atoms with Gasteiger partial charge in [0.25, 0.3) is 10.0 Å². The summed E-state index contributed by atoms with van der Waals surface area (Å²) in [5, 5.41) is 0. The summed E-state index contributed by atoms with van der Waals surface area (Å²) in [6.07, 6.45) is 1.72. The highest BCUT2D eigenvalue weighted by atomic mass is 32.2. The summed E-state index contributed by atoms with van der Waals surface area (Å²) < 4.78 is 37.8. The molecule has 0 bridgehead atoms. The molecular weight excluding hydrogens is 316 g/mol. The van der Waals surface area contributed by atoms with Gasteiger partial charge in [-0.15, -0.1) is 0 Å². The second-order valence-electron chi connectivity index (χ2n) is 5.21. The lowest BCUT2D eigenvalue weighted by atomic mass is 10.1. The average molecular weight is 334 g/mol. The average Bonchev–Trinajstić information content (AvgIpc) is 3.00. The zero-order valence-electron chi connectivity index (χ0n) is 12.5. The number of anilines is 1. The van der Waals surface area contributed by atoms with Crippen LogP contribution in [-0.2, 0) is 16.4 Å². The summed E-state index contributed by atoms with van der Waals surface area (Å²) in [6, 6.07) is 11.7. The molecule has 6 nitrogen and oxygen atoms in total. The van der Waals surface area contributed by atoms with Crippen LogP contribution in [0, 0.1) is 0 Å². The van der Waals surface area contributed by atoms with Crippen molar-refractivity contribution in [1.29, 1.82) is 0 Å². The first-order valence-electron chi connectivity index (χ1n) is 7.30. The molecule has 0 amide bonds. The largest absolute Gasteiger partial charge is 0.454 e. The van der Waals surface area contributed by atoms with Crippen molar-refractivity contribution in [2.24, 2.45) is 5.73 Å². The minimum atomic E-state index is -3.64. The van der Waals surface area contributed by atoms with Crippen molar-refractivity contribution in [3.63, 3.8) is 0 Å². The normalized spacial score (nSPS) is 13.1. The number of aryl methyl sites for hydroxylation is 1. The number of nitrogens with one attached hydrogen (secondary N) is 1. The van der Waals surface area contributed by atoms with Crippen molar-refractivity contribution in [2.45, 2.75) is 17.7 Å². The lowest BCUT2D eigenvalue weighted by Crippen LogP contribution is -2.13. The number of ether oxygens (including phenoxy) is 2. The number of rotatable bonds is 6. The van der Waals surface area contributed by atoms with Crippen LogP contribution in [0.15, 0.2) is 47.4 Å². The molecule has 1 aliphatic rings. The van der Waals surface area contributed by atoms with Gasteiger partial charge in [0.1, 0.15) is 0 Å². The first-order valence-corrected chi connectivity index (χ1v) is 8.78. The third-order valence-corrected chi connectivity index (χ3v) is 4.93. The minimum Gasteiger partial charge on any atom is -0.454 e. The van der Waals surface area contributed by atoms with Gasteiger partial charge in [-0.2, -0.15) is 0 Å². The van der Waals surface area contributed by atoms with Gasteiger partial charge in [0.2, 0.25) is 6.79 Å². The van der Waals surface area contributed by atoms with Gasteiger partial charge < -0.3 is 15.2 Å². The highest BCUT2D eigenvalue weighted by Crippen LogP contribution is 2.34. The van der Waals surface area contributed by atoms with E-state index in [2.05, 4.69) is 4.72 Å². The molecule has 0 fully saturated rings. The molecule has 0 saturated carbocycles. The van der Waals surface area contributed by atoms with E-state index >= 15 is 0 Å². The number of hydrogen-bond donors (Lipinski definition) is 2. The van der Waals surface area contributed by atoms with Crippen LogP contribution in [0.2, 0.25) is 0 Å². The lowest BCUT2D eigenvalue weighted by Gasteiger charge is -2.09. The first kappa shape index (κ1) is 15.6. The maximum absolute atomic E-state index is 12.4. The zero-order chi connectivity index (χ0) is 16.3. The second kappa shape index (κ2) is 6.47. The number of nitrogens with two attached hydrogens (primary N) is 1. The van der Waals surface area contributed by atoms with Gasteiger partial charge in [-0.25, -0.2) is 8.42 Å². The fourth-order valence-corrected chi connectivity index (χ4v) is 3.37. The molecule has 3 rings (SSSR count). The molecule has 23 heavy (non-hydrogen) atoms. The fourth-order valence-electron chi connectivity index (χ4n) is 2.32. The van der Waals surface area contributed by atoms with E-state index in [1.165, 1.54) is 0 Å². The van der Waals surface area contributed by atoms with E-state index < -0.39 is 10.0 Å². The van der Waals surface area contributed by atoms with Gasteiger partial charge in [0, 0.05) is 6.07 Å². The van der Waals surface area contributed by atoms with Crippen LogP contribution < -0.4 is 19.9 Å². The molecule has 1 aliphatic heterocycles. The van der Waals surface area contributed by atoms with Crippen LogP contribution in [0.1, 0.15) is 12.0 Å². The van der Waals surface area contributed by atoms with Crippen LogP contribution in [-0.4, -0.2) is 21.8 Å². The Kier molecular flexibility index (Phi) is 4.40. The Bertz CT molecular complexity index is 788. The number of sulfonamides is 1. The van der Waals surface area contributed by atoms with Gasteiger partial charge in [0.05, 0.1) is 10.6 Å². The van der Waals surface area contributed by atoms with Crippen LogP contribution >= 0.6 is 0 Å². The first-order chi connectivity index (χ1) is 11.1. The topological polar surface area (TPSA) is 90.7 Å². The molecular formula is C16H18N2O4S. The summed E-state index contributed by atoms with van der Waals surface area (Å²) in [5.74, 6) is 1.14. The Morgan fingerprint density at radius 3 is 2.52 bits per heavy atom. The van der Waals surface area contributed by atoms with Crippen molar-refractivity contribution in [3.05, 3.63) is 48.0 Å². The summed E-state index contributed by atoms with van der Waals surface area (Å²) in [7, 11) is -3.64. The van der Waals surface area contributed by atoms with Crippen LogP contribution in [0.3, 0.4) is 0 Å². The van der Waals surface area contributed by atoms with Gasteiger partial charge in [-0.05, 0) is 49.2 Å². The molecule has 0 spiro atoms. The van der Waals surface area contributed by atoms with Crippen molar-refractivity contribution >= 4 is 15.7 Å². The molecule has 0 saturated heterocycles. The van der Waals surface area contributed by atoms with Crippen molar-refractivity contribution in [2.75, 3.05) is 18.1 Å². The zero-order valence-corrected chi connectivity index (χ0v) is 13.3. The van der Waals surface area contributed by atoms with E-state index in [1.807, 2.05) is 12.1 Å². The molecule has 0 aliphatic carbocycles. The molecule has 0 radical (unpaired) electrons. The molecule has 0 unspecified atom stereocenters. The Morgan fingerprint density at radius 2 is 1.78 bits per heavy atom. The molecule has 1 heterocycles. The van der Waals surface area contributed by atoms with E-state index in [0.29, 0.717) is 23.7 Å². The maximum atomic E-state index is 12.4. The number of hydrogen-bond acceptors (Lipinski definition) is 5. The highest BCUT2D eigenvalue weighted by molar-refractivity contribution is 7.92.